The molecule has 0 spiro atoms. The Morgan fingerprint density at radius 2 is 2.27 bits per heavy atom. The normalized spacial score (nSPS) is 16.9. The Balaban J connectivity index is 2.49. The van der Waals surface area contributed by atoms with Gasteiger partial charge in [-0.05, 0) is 31.2 Å². The summed E-state index contributed by atoms with van der Waals surface area (Å²) in [4.78, 5) is 6.56. The number of hydrogen-bond acceptors (Lipinski definition) is 2. The summed E-state index contributed by atoms with van der Waals surface area (Å²) in [5.74, 6) is 0. The smallest absolute Gasteiger partial charge is 0.0420 e. The van der Waals surface area contributed by atoms with E-state index in [1.165, 1.54) is 16.8 Å². The lowest BCUT2D eigenvalue weighted by Gasteiger charge is -2.03. The van der Waals surface area contributed by atoms with E-state index >= 15 is 0 Å². The van der Waals surface area contributed by atoms with Gasteiger partial charge in [0, 0.05) is 25.0 Å². The minimum atomic E-state index is 1.06. The minimum Gasteiger partial charge on any atom is -0.298 e. The van der Waals surface area contributed by atoms with Gasteiger partial charge in [-0.1, -0.05) is 0 Å². The Kier molecular flexibility index (Phi) is 1.43. The van der Waals surface area contributed by atoms with Crippen LogP contribution in [0.3, 0.4) is 0 Å². The SMILES string of the molecule is Cc1nccc2c1CN(C)C2. The van der Waals surface area contributed by atoms with Gasteiger partial charge in [0.15, 0.2) is 0 Å². The van der Waals surface area contributed by atoms with Crippen LogP contribution in [0.1, 0.15) is 16.8 Å². The van der Waals surface area contributed by atoms with Crippen molar-refractivity contribution < 1.29 is 0 Å². The van der Waals surface area contributed by atoms with Crippen molar-refractivity contribution in [3.05, 3.63) is 29.1 Å². The van der Waals surface area contributed by atoms with Crippen molar-refractivity contribution in [2.24, 2.45) is 0 Å². The maximum absolute atomic E-state index is 4.26. The molecule has 1 aliphatic rings. The second-order valence-corrected chi connectivity index (χ2v) is 3.21. The zero-order valence-electron chi connectivity index (χ0n) is 6.96. The van der Waals surface area contributed by atoms with Gasteiger partial charge in [-0.2, -0.15) is 0 Å². The molecule has 0 amide bonds. The zero-order valence-corrected chi connectivity index (χ0v) is 6.96. The Labute approximate surface area is 66.9 Å². The molecule has 0 aliphatic carbocycles. The van der Waals surface area contributed by atoms with Crippen molar-refractivity contribution in [2.75, 3.05) is 7.05 Å². The van der Waals surface area contributed by atoms with E-state index in [1.807, 2.05) is 6.20 Å². The largest absolute Gasteiger partial charge is 0.298 e. The molecule has 0 fully saturated rings. The van der Waals surface area contributed by atoms with Crippen molar-refractivity contribution in [3.8, 4) is 0 Å². The number of nitrogens with zero attached hydrogens (tertiary/aromatic N) is 2. The van der Waals surface area contributed by atoms with E-state index in [4.69, 9.17) is 0 Å². The van der Waals surface area contributed by atoms with Crippen molar-refractivity contribution >= 4 is 0 Å². The molecule has 2 nitrogen and oxygen atoms in total. The molecule has 0 unspecified atom stereocenters. The number of hydrogen-bond donors (Lipinski definition) is 0. The summed E-state index contributed by atoms with van der Waals surface area (Å²) in [5.41, 5.74) is 4.06. The zero-order chi connectivity index (χ0) is 7.84. The highest BCUT2D eigenvalue weighted by molar-refractivity contribution is 5.32. The first kappa shape index (κ1) is 6.80. The van der Waals surface area contributed by atoms with E-state index in [9.17, 15) is 0 Å². The Morgan fingerprint density at radius 1 is 1.45 bits per heavy atom. The first-order chi connectivity index (χ1) is 5.27. The predicted octanol–water partition coefficient (Wildman–Crippen LogP) is 1.34. The first-order valence-electron chi connectivity index (χ1n) is 3.89. The van der Waals surface area contributed by atoms with E-state index in [-0.39, 0.29) is 0 Å². The fourth-order valence-corrected chi connectivity index (χ4v) is 1.63. The molecule has 0 N–H and O–H groups in total. The standard InChI is InChI=1S/C9H12N2/c1-7-9-6-11(2)5-8(9)3-4-10-7/h3-4H,5-6H2,1-2H3. The highest BCUT2D eigenvalue weighted by Crippen LogP contribution is 2.22. The van der Waals surface area contributed by atoms with Gasteiger partial charge in [0.2, 0.25) is 0 Å². The lowest BCUT2D eigenvalue weighted by Crippen LogP contribution is -2.07. The van der Waals surface area contributed by atoms with Crippen LogP contribution in [0.2, 0.25) is 0 Å². The Bertz CT molecular complexity index is 281. The van der Waals surface area contributed by atoms with E-state index in [2.05, 4.69) is 29.9 Å². The topological polar surface area (TPSA) is 16.1 Å². The molecule has 2 heterocycles. The van der Waals surface area contributed by atoms with Crippen LogP contribution in [0.5, 0.6) is 0 Å². The van der Waals surface area contributed by atoms with Gasteiger partial charge in [-0.15, -0.1) is 0 Å². The summed E-state index contributed by atoms with van der Waals surface area (Å²) < 4.78 is 0. The molecule has 1 aromatic heterocycles. The summed E-state index contributed by atoms with van der Waals surface area (Å²) in [7, 11) is 2.14. The van der Waals surface area contributed by atoms with Crippen LogP contribution in [-0.4, -0.2) is 16.9 Å². The number of pyridine rings is 1. The second kappa shape index (κ2) is 2.31. The highest BCUT2D eigenvalue weighted by atomic mass is 15.1. The van der Waals surface area contributed by atoms with Crippen LogP contribution >= 0.6 is 0 Å². The molecule has 58 valence electrons. The molecule has 0 bridgehead atoms. The first-order valence-corrected chi connectivity index (χ1v) is 3.89. The van der Waals surface area contributed by atoms with E-state index in [1.54, 1.807) is 0 Å². The highest BCUT2D eigenvalue weighted by Gasteiger charge is 2.16. The fourth-order valence-electron chi connectivity index (χ4n) is 1.63. The number of aryl methyl sites for hydroxylation is 1. The van der Waals surface area contributed by atoms with Crippen LogP contribution in [0.25, 0.3) is 0 Å². The molecule has 1 aromatic rings. The second-order valence-electron chi connectivity index (χ2n) is 3.21. The van der Waals surface area contributed by atoms with Gasteiger partial charge in [0.05, 0.1) is 0 Å². The minimum absolute atomic E-state index is 1.06. The Morgan fingerprint density at radius 3 is 3.00 bits per heavy atom. The molecular weight excluding hydrogens is 136 g/mol. The third-order valence-electron chi connectivity index (χ3n) is 2.24. The quantitative estimate of drug-likeness (QED) is 0.552. The van der Waals surface area contributed by atoms with Crippen LogP contribution in [-0.2, 0) is 13.1 Å². The molecule has 1 aliphatic heterocycles. The van der Waals surface area contributed by atoms with Crippen molar-refractivity contribution in [1.29, 1.82) is 0 Å². The molecular formula is C9H12N2. The van der Waals surface area contributed by atoms with Crippen molar-refractivity contribution in [2.45, 2.75) is 20.0 Å². The monoisotopic (exact) mass is 148 g/mol. The number of rotatable bonds is 0. The van der Waals surface area contributed by atoms with E-state index in [0.717, 1.165) is 13.1 Å². The molecule has 0 radical (unpaired) electrons. The summed E-state index contributed by atoms with van der Waals surface area (Å²) >= 11 is 0. The van der Waals surface area contributed by atoms with Crippen molar-refractivity contribution in [3.63, 3.8) is 0 Å². The van der Waals surface area contributed by atoms with Crippen LogP contribution in [0.4, 0.5) is 0 Å². The Hall–Kier alpha value is -0.890. The average molecular weight is 148 g/mol. The molecule has 2 rings (SSSR count). The summed E-state index contributed by atoms with van der Waals surface area (Å²) in [6, 6.07) is 2.12. The summed E-state index contributed by atoms with van der Waals surface area (Å²) in [6.45, 7) is 4.23. The lowest BCUT2D eigenvalue weighted by molar-refractivity contribution is 0.352. The maximum Gasteiger partial charge on any atom is 0.0420 e. The van der Waals surface area contributed by atoms with Crippen LogP contribution in [0, 0.1) is 6.92 Å². The van der Waals surface area contributed by atoms with Crippen molar-refractivity contribution in [1.82, 2.24) is 9.88 Å². The maximum atomic E-state index is 4.26. The summed E-state index contributed by atoms with van der Waals surface area (Å²) in [6.07, 6.45) is 1.90. The fraction of sp³-hybridized carbons (Fsp3) is 0.444. The third kappa shape index (κ3) is 1.03. The lowest BCUT2D eigenvalue weighted by atomic mass is 10.1. The average Bonchev–Trinajstić information content (AvgIpc) is 2.31. The third-order valence-corrected chi connectivity index (χ3v) is 2.24. The number of fused-ring (bicyclic) bond motifs is 1. The molecule has 0 atom stereocenters. The van der Waals surface area contributed by atoms with Gasteiger partial charge < -0.3 is 0 Å². The molecule has 0 aromatic carbocycles. The molecule has 0 saturated carbocycles. The van der Waals surface area contributed by atoms with Crippen LogP contribution in [0.15, 0.2) is 12.3 Å². The van der Waals surface area contributed by atoms with Gasteiger partial charge >= 0.3 is 0 Å². The molecule has 2 heteroatoms. The number of aromatic nitrogens is 1. The van der Waals surface area contributed by atoms with E-state index < -0.39 is 0 Å². The van der Waals surface area contributed by atoms with Gasteiger partial charge in [-0.25, -0.2) is 0 Å². The van der Waals surface area contributed by atoms with Gasteiger partial charge in [0.1, 0.15) is 0 Å². The summed E-state index contributed by atoms with van der Waals surface area (Å²) in [5, 5.41) is 0. The van der Waals surface area contributed by atoms with Gasteiger partial charge in [-0.3, -0.25) is 9.88 Å². The predicted molar refractivity (Wildman–Crippen MR) is 44.1 cm³/mol. The molecule has 0 saturated heterocycles. The molecule has 11 heavy (non-hydrogen) atoms. The van der Waals surface area contributed by atoms with E-state index in [0.29, 0.717) is 0 Å². The van der Waals surface area contributed by atoms with Gasteiger partial charge in [0.25, 0.3) is 0 Å². The van der Waals surface area contributed by atoms with Crippen LogP contribution < -0.4 is 0 Å².